The summed E-state index contributed by atoms with van der Waals surface area (Å²) in [5, 5.41) is 12.0. The van der Waals surface area contributed by atoms with E-state index in [0.29, 0.717) is 5.02 Å². The maximum Gasteiger partial charge on any atom is 0.119 e. The predicted octanol–water partition coefficient (Wildman–Crippen LogP) is 5.11. The third kappa shape index (κ3) is 5.69. The van der Waals surface area contributed by atoms with Gasteiger partial charge in [0, 0.05) is 47.6 Å². The minimum absolute atomic E-state index is 0.0422. The molecule has 7 heteroatoms. The molecule has 0 bridgehead atoms. The van der Waals surface area contributed by atoms with Gasteiger partial charge in [0.25, 0.3) is 0 Å². The van der Waals surface area contributed by atoms with Crippen molar-refractivity contribution in [1.82, 2.24) is 14.9 Å². The summed E-state index contributed by atoms with van der Waals surface area (Å²) in [5.74, 6) is 0.802. The summed E-state index contributed by atoms with van der Waals surface area (Å²) in [4.78, 5) is 11.9. The molecule has 0 spiro atoms. The second-order valence-electron chi connectivity index (χ2n) is 8.92. The Morgan fingerprint density at radius 2 is 2.06 bits per heavy atom. The molecule has 1 aromatic carbocycles. The number of halogens is 1. The Kier molecular flexibility index (Phi) is 7.91. The lowest BCUT2D eigenvalue weighted by Crippen LogP contribution is -2.43. The van der Waals surface area contributed by atoms with E-state index in [1.165, 1.54) is 0 Å². The zero-order chi connectivity index (χ0) is 23.3. The molecule has 0 unspecified atom stereocenters. The number of piperidine rings is 1. The van der Waals surface area contributed by atoms with Gasteiger partial charge in [-0.25, -0.2) is 0 Å². The van der Waals surface area contributed by atoms with Gasteiger partial charge in [-0.3, -0.25) is 14.9 Å². The van der Waals surface area contributed by atoms with E-state index in [1.54, 1.807) is 19.5 Å². The van der Waals surface area contributed by atoms with Crippen molar-refractivity contribution in [2.75, 3.05) is 33.4 Å². The molecule has 1 aliphatic heterocycles. The first kappa shape index (κ1) is 24.0. The predicted molar refractivity (Wildman–Crippen MR) is 137 cm³/mol. The minimum atomic E-state index is -0.0422. The standard InChI is InChI=1S/C26H30ClN3O2S/c1-32-20-6-7-24-22(14-20)21(23(27)16-29-24)5-2-8-26(18-31)9-12-30(13-10-26)17-25(33)19-4-3-11-28-15-19/h3-4,6-7,11,14-16,31H,2,5,8-10,12-13,17-18H2,1H3. The molecule has 33 heavy (non-hydrogen) atoms. The summed E-state index contributed by atoms with van der Waals surface area (Å²) in [5.41, 5.74) is 3.00. The highest BCUT2D eigenvalue weighted by Gasteiger charge is 2.33. The Bertz CT molecular complexity index is 1100. The number of hydrogen-bond donors (Lipinski definition) is 1. The van der Waals surface area contributed by atoms with Crippen molar-refractivity contribution in [1.29, 1.82) is 0 Å². The minimum Gasteiger partial charge on any atom is -0.497 e. The van der Waals surface area contributed by atoms with Crippen molar-refractivity contribution < 1.29 is 9.84 Å². The van der Waals surface area contributed by atoms with E-state index >= 15 is 0 Å². The van der Waals surface area contributed by atoms with Crippen LogP contribution in [-0.2, 0) is 6.42 Å². The number of aliphatic hydroxyl groups excluding tert-OH is 1. The second kappa shape index (κ2) is 10.9. The third-order valence-corrected chi connectivity index (χ3v) is 7.56. The fraction of sp³-hybridized carbons (Fsp3) is 0.423. The Hall–Kier alpha value is -2.12. The molecule has 174 valence electrons. The van der Waals surface area contributed by atoms with Gasteiger partial charge in [-0.1, -0.05) is 29.9 Å². The first-order valence-electron chi connectivity index (χ1n) is 11.4. The number of rotatable bonds is 9. The molecule has 2 aromatic heterocycles. The summed E-state index contributed by atoms with van der Waals surface area (Å²) >= 11 is 12.2. The van der Waals surface area contributed by atoms with Crippen molar-refractivity contribution in [2.24, 2.45) is 5.41 Å². The number of aliphatic hydroxyl groups is 1. The number of aryl methyl sites for hydroxylation is 1. The molecule has 1 aliphatic rings. The second-order valence-corrected chi connectivity index (χ2v) is 9.82. The van der Waals surface area contributed by atoms with Gasteiger partial charge in [-0.15, -0.1) is 0 Å². The van der Waals surface area contributed by atoms with Gasteiger partial charge in [0.1, 0.15) is 5.75 Å². The molecule has 0 atom stereocenters. The summed E-state index contributed by atoms with van der Waals surface area (Å²) in [6.45, 7) is 2.86. The number of ether oxygens (including phenoxy) is 1. The molecule has 0 radical (unpaired) electrons. The number of pyridine rings is 2. The lowest BCUT2D eigenvalue weighted by atomic mass is 9.75. The van der Waals surface area contributed by atoms with Crippen LogP contribution in [0.3, 0.4) is 0 Å². The number of aromatic nitrogens is 2. The van der Waals surface area contributed by atoms with Gasteiger partial charge < -0.3 is 9.84 Å². The van der Waals surface area contributed by atoms with Crippen LogP contribution in [0.25, 0.3) is 10.9 Å². The van der Waals surface area contributed by atoms with Gasteiger partial charge in [0.2, 0.25) is 0 Å². The molecule has 4 rings (SSSR count). The van der Waals surface area contributed by atoms with Crippen LogP contribution in [0.15, 0.2) is 48.9 Å². The highest BCUT2D eigenvalue weighted by molar-refractivity contribution is 7.80. The third-order valence-electron chi connectivity index (χ3n) is 6.87. The highest BCUT2D eigenvalue weighted by Crippen LogP contribution is 2.37. The maximum atomic E-state index is 10.3. The molecule has 3 aromatic rings. The lowest BCUT2D eigenvalue weighted by Gasteiger charge is -2.41. The summed E-state index contributed by atoms with van der Waals surface area (Å²) < 4.78 is 5.39. The summed E-state index contributed by atoms with van der Waals surface area (Å²) in [6, 6.07) is 9.83. The zero-order valence-corrected chi connectivity index (χ0v) is 20.5. The molecular weight excluding hydrogens is 454 g/mol. The molecular formula is C26H30ClN3O2S. The maximum absolute atomic E-state index is 10.3. The zero-order valence-electron chi connectivity index (χ0n) is 19.0. The van der Waals surface area contributed by atoms with Crippen molar-refractivity contribution in [3.63, 3.8) is 0 Å². The van der Waals surface area contributed by atoms with Crippen LogP contribution >= 0.6 is 23.8 Å². The number of benzene rings is 1. The quantitative estimate of drug-likeness (QED) is 0.337. The summed E-state index contributed by atoms with van der Waals surface area (Å²) in [6.07, 6.45) is 10.0. The molecule has 0 amide bonds. The molecule has 5 nitrogen and oxygen atoms in total. The molecule has 1 N–H and O–H groups in total. The first-order chi connectivity index (χ1) is 16.0. The number of likely N-dealkylation sites (tertiary alicyclic amines) is 1. The number of hydrogen-bond acceptors (Lipinski definition) is 6. The first-order valence-corrected chi connectivity index (χ1v) is 12.2. The fourth-order valence-electron chi connectivity index (χ4n) is 4.72. The Labute approximate surface area is 205 Å². The van der Waals surface area contributed by atoms with E-state index in [-0.39, 0.29) is 12.0 Å². The van der Waals surface area contributed by atoms with Crippen molar-refractivity contribution in [3.8, 4) is 5.75 Å². The Morgan fingerprint density at radius 3 is 2.76 bits per heavy atom. The van der Waals surface area contributed by atoms with E-state index in [9.17, 15) is 5.11 Å². The Balaban J connectivity index is 1.36. The lowest BCUT2D eigenvalue weighted by molar-refractivity contribution is 0.0409. The summed E-state index contributed by atoms with van der Waals surface area (Å²) in [7, 11) is 1.67. The van der Waals surface area contributed by atoms with E-state index in [2.05, 4.69) is 14.9 Å². The average Bonchev–Trinajstić information content (AvgIpc) is 2.86. The van der Waals surface area contributed by atoms with E-state index in [4.69, 9.17) is 28.6 Å². The highest BCUT2D eigenvalue weighted by atomic mass is 35.5. The molecule has 3 heterocycles. The number of thiocarbonyl (C=S) groups is 1. The average molecular weight is 484 g/mol. The van der Waals surface area contributed by atoms with Crippen LogP contribution in [0.4, 0.5) is 0 Å². The monoisotopic (exact) mass is 483 g/mol. The number of nitrogens with zero attached hydrogens (tertiary/aromatic N) is 3. The molecule has 1 fully saturated rings. The van der Waals surface area contributed by atoms with Gasteiger partial charge in [0.05, 0.1) is 17.6 Å². The van der Waals surface area contributed by atoms with Crippen LogP contribution in [0.1, 0.15) is 36.8 Å². The fourth-order valence-corrected chi connectivity index (χ4v) is 5.27. The number of methoxy groups -OCH3 is 1. The van der Waals surface area contributed by atoms with Crippen LogP contribution in [-0.4, -0.2) is 58.2 Å². The topological polar surface area (TPSA) is 58.5 Å². The van der Waals surface area contributed by atoms with Gasteiger partial charge >= 0.3 is 0 Å². The van der Waals surface area contributed by atoms with Crippen molar-refractivity contribution in [2.45, 2.75) is 32.1 Å². The largest absolute Gasteiger partial charge is 0.497 e. The van der Waals surface area contributed by atoms with Crippen LogP contribution in [0, 0.1) is 5.41 Å². The Morgan fingerprint density at radius 1 is 1.24 bits per heavy atom. The van der Waals surface area contributed by atoms with Crippen molar-refractivity contribution >= 4 is 39.6 Å². The molecule has 1 saturated heterocycles. The number of fused-ring (bicyclic) bond motifs is 1. The van der Waals surface area contributed by atoms with Crippen molar-refractivity contribution in [3.05, 3.63) is 65.1 Å². The van der Waals surface area contributed by atoms with Gasteiger partial charge in [-0.2, -0.15) is 0 Å². The van der Waals surface area contributed by atoms with E-state index in [1.807, 2.05) is 36.5 Å². The smallest absolute Gasteiger partial charge is 0.119 e. The molecule has 0 saturated carbocycles. The van der Waals surface area contributed by atoms with Crippen LogP contribution < -0.4 is 4.74 Å². The van der Waals surface area contributed by atoms with Gasteiger partial charge in [-0.05, 0) is 80.4 Å². The van der Waals surface area contributed by atoms with E-state index in [0.717, 1.165) is 84.4 Å². The van der Waals surface area contributed by atoms with Gasteiger partial charge in [0.15, 0.2) is 0 Å². The van der Waals surface area contributed by atoms with E-state index < -0.39 is 0 Å². The SMILES string of the molecule is COc1ccc2ncc(Cl)c(CCCC3(CO)CCN(CC(=S)c4cccnc4)CC3)c2c1. The normalized spacial score (nSPS) is 16.1. The van der Waals surface area contributed by atoms with Crippen LogP contribution in [0.5, 0.6) is 5.75 Å². The molecule has 0 aliphatic carbocycles. The van der Waals surface area contributed by atoms with Crippen LogP contribution in [0.2, 0.25) is 5.02 Å².